The van der Waals surface area contributed by atoms with Crippen LogP contribution in [-0.4, -0.2) is 21.9 Å². The van der Waals surface area contributed by atoms with Crippen molar-refractivity contribution in [3.63, 3.8) is 0 Å². The third kappa shape index (κ3) is 2.30. The van der Waals surface area contributed by atoms with Crippen LogP contribution in [0.2, 0.25) is 0 Å². The zero-order valence-corrected chi connectivity index (χ0v) is 8.00. The van der Waals surface area contributed by atoms with Gasteiger partial charge in [0.1, 0.15) is 0 Å². The zero-order chi connectivity index (χ0) is 10.5. The molecule has 0 bridgehead atoms. The molecular formula is C11H10N2O2. The van der Waals surface area contributed by atoms with Crippen molar-refractivity contribution in [2.75, 3.05) is 6.61 Å². The molecule has 0 saturated heterocycles. The first-order chi connectivity index (χ1) is 7.40. The predicted molar refractivity (Wildman–Crippen MR) is 55.9 cm³/mol. The van der Waals surface area contributed by atoms with Gasteiger partial charge in [0.2, 0.25) is 12.2 Å². The Morgan fingerprint density at radius 3 is 2.67 bits per heavy atom. The zero-order valence-electron chi connectivity index (χ0n) is 8.00. The summed E-state index contributed by atoms with van der Waals surface area (Å²) in [7, 11) is 0. The summed E-state index contributed by atoms with van der Waals surface area (Å²) in [6.07, 6.45) is 4.83. The van der Waals surface area contributed by atoms with E-state index in [1.807, 2.05) is 30.3 Å². The van der Waals surface area contributed by atoms with Crippen LogP contribution in [0.3, 0.4) is 0 Å². The van der Waals surface area contributed by atoms with E-state index in [0.29, 0.717) is 5.82 Å². The molecule has 4 heteroatoms. The highest BCUT2D eigenvalue weighted by atomic mass is 16.5. The number of benzene rings is 1. The molecule has 1 aromatic heterocycles. The van der Waals surface area contributed by atoms with Crippen LogP contribution >= 0.6 is 0 Å². The number of aliphatic hydroxyl groups excluding tert-OH is 1. The molecule has 0 saturated carbocycles. The van der Waals surface area contributed by atoms with Crippen molar-refractivity contribution in [2.24, 2.45) is 0 Å². The van der Waals surface area contributed by atoms with Crippen molar-refractivity contribution in [3.05, 3.63) is 42.3 Å². The Morgan fingerprint density at radius 2 is 2.07 bits per heavy atom. The van der Waals surface area contributed by atoms with Gasteiger partial charge in [0.15, 0.2) is 0 Å². The molecule has 1 aromatic carbocycles. The average molecular weight is 202 g/mol. The van der Waals surface area contributed by atoms with Crippen LogP contribution in [-0.2, 0) is 0 Å². The van der Waals surface area contributed by atoms with E-state index in [1.165, 1.54) is 6.39 Å². The Balaban J connectivity index is 2.21. The third-order valence-electron chi connectivity index (χ3n) is 1.95. The molecule has 0 aliphatic carbocycles. The normalized spacial score (nSPS) is 11.0. The van der Waals surface area contributed by atoms with Crippen LogP contribution in [0.5, 0.6) is 0 Å². The number of nitrogens with zero attached hydrogens (tertiary/aromatic N) is 2. The maximum absolute atomic E-state index is 8.61. The number of aliphatic hydroxyl groups is 1. The lowest BCUT2D eigenvalue weighted by molar-refractivity contribution is 0.343. The molecular weight excluding hydrogens is 192 g/mol. The summed E-state index contributed by atoms with van der Waals surface area (Å²) in [5.74, 6) is 0.577. The molecule has 15 heavy (non-hydrogen) atoms. The first kappa shape index (κ1) is 9.61. The molecule has 0 radical (unpaired) electrons. The van der Waals surface area contributed by atoms with Gasteiger partial charge < -0.3 is 9.63 Å². The minimum atomic E-state index is 0.0482. The highest BCUT2D eigenvalue weighted by Crippen LogP contribution is 2.15. The van der Waals surface area contributed by atoms with E-state index in [2.05, 4.69) is 14.7 Å². The van der Waals surface area contributed by atoms with Gasteiger partial charge in [-0.25, -0.2) is 0 Å². The fourth-order valence-electron chi connectivity index (χ4n) is 1.23. The lowest BCUT2D eigenvalue weighted by Gasteiger charge is -1.95. The molecule has 0 fully saturated rings. The fraction of sp³-hybridized carbons (Fsp3) is 0.0909. The molecule has 0 unspecified atom stereocenters. The average Bonchev–Trinajstić information content (AvgIpc) is 2.80. The van der Waals surface area contributed by atoms with E-state index in [9.17, 15) is 0 Å². The summed E-state index contributed by atoms with van der Waals surface area (Å²) >= 11 is 0. The van der Waals surface area contributed by atoms with E-state index in [-0.39, 0.29) is 6.61 Å². The summed E-state index contributed by atoms with van der Waals surface area (Å²) in [6, 6.07) is 7.67. The van der Waals surface area contributed by atoms with E-state index in [1.54, 1.807) is 6.08 Å². The molecule has 2 rings (SSSR count). The highest BCUT2D eigenvalue weighted by Gasteiger charge is 2.00. The van der Waals surface area contributed by atoms with Gasteiger partial charge in [0.05, 0.1) is 6.61 Å². The third-order valence-corrected chi connectivity index (χ3v) is 1.95. The maximum Gasteiger partial charge on any atom is 0.214 e. The molecule has 0 atom stereocenters. The van der Waals surface area contributed by atoms with Crippen molar-refractivity contribution in [3.8, 4) is 11.4 Å². The molecule has 1 heterocycles. The van der Waals surface area contributed by atoms with E-state index >= 15 is 0 Å². The van der Waals surface area contributed by atoms with Gasteiger partial charge in [-0.3, -0.25) is 0 Å². The topological polar surface area (TPSA) is 59.2 Å². The summed E-state index contributed by atoms with van der Waals surface area (Å²) in [6.45, 7) is 0.0482. The second-order valence-corrected chi connectivity index (χ2v) is 2.96. The van der Waals surface area contributed by atoms with Gasteiger partial charge >= 0.3 is 0 Å². The second kappa shape index (κ2) is 4.52. The van der Waals surface area contributed by atoms with Gasteiger partial charge in [-0.05, 0) is 5.56 Å². The summed E-state index contributed by atoms with van der Waals surface area (Å²) in [5, 5.41) is 12.3. The number of rotatable bonds is 3. The smallest absolute Gasteiger partial charge is 0.214 e. The molecule has 0 amide bonds. The van der Waals surface area contributed by atoms with Crippen LogP contribution in [0.4, 0.5) is 0 Å². The van der Waals surface area contributed by atoms with Crippen molar-refractivity contribution in [2.45, 2.75) is 0 Å². The predicted octanol–water partition coefficient (Wildman–Crippen LogP) is 1.74. The Morgan fingerprint density at radius 1 is 1.27 bits per heavy atom. The Kier molecular flexibility index (Phi) is 2.90. The van der Waals surface area contributed by atoms with Crippen molar-refractivity contribution in [1.82, 2.24) is 10.1 Å². The minimum absolute atomic E-state index is 0.0482. The Bertz CT molecular complexity index is 432. The monoisotopic (exact) mass is 202 g/mol. The van der Waals surface area contributed by atoms with Gasteiger partial charge in [-0.15, -0.1) is 0 Å². The largest absolute Gasteiger partial charge is 0.392 e. The highest BCUT2D eigenvalue weighted by molar-refractivity contribution is 5.59. The summed E-state index contributed by atoms with van der Waals surface area (Å²) in [5.41, 5.74) is 1.93. The minimum Gasteiger partial charge on any atom is -0.392 e. The molecule has 76 valence electrons. The standard InChI is InChI=1S/C11H10N2O2/c14-7-1-2-9-3-5-10(6-4-9)11-12-8-15-13-11/h1-6,8,14H,7H2/b2-1+. The molecule has 1 N–H and O–H groups in total. The first-order valence-corrected chi connectivity index (χ1v) is 4.54. The molecule has 4 nitrogen and oxygen atoms in total. The van der Waals surface area contributed by atoms with Crippen LogP contribution in [0.1, 0.15) is 5.56 Å². The maximum atomic E-state index is 8.61. The quantitative estimate of drug-likeness (QED) is 0.823. The van der Waals surface area contributed by atoms with E-state index in [0.717, 1.165) is 11.1 Å². The SMILES string of the molecule is OC/C=C/c1ccc(-c2ncon2)cc1. The van der Waals surface area contributed by atoms with E-state index < -0.39 is 0 Å². The second-order valence-electron chi connectivity index (χ2n) is 2.96. The van der Waals surface area contributed by atoms with Crippen molar-refractivity contribution < 1.29 is 9.63 Å². The first-order valence-electron chi connectivity index (χ1n) is 4.54. The number of aromatic nitrogens is 2. The molecule has 0 spiro atoms. The van der Waals surface area contributed by atoms with Crippen molar-refractivity contribution >= 4 is 6.08 Å². The van der Waals surface area contributed by atoms with Gasteiger partial charge in [-0.1, -0.05) is 41.6 Å². The van der Waals surface area contributed by atoms with Gasteiger partial charge in [0, 0.05) is 5.56 Å². The van der Waals surface area contributed by atoms with Gasteiger partial charge in [0.25, 0.3) is 0 Å². The van der Waals surface area contributed by atoms with Crippen LogP contribution in [0.15, 0.2) is 41.3 Å². The Labute approximate surface area is 86.9 Å². The van der Waals surface area contributed by atoms with Crippen molar-refractivity contribution in [1.29, 1.82) is 0 Å². The fourth-order valence-corrected chi connectivity index (χ4v) is 1.23. The number of hydrogen-bond acceptors (Lipinski definition) is 4. The molecule has 0 aliphatic heterocycles. The van der Waals surface area contributed by atoms with Gasteiger partial charge in [-0.2, -0.15) is 4.98 Å². The van der Waals surface area contributed by atoms with E-state index in [4.69, 9.17) is 5.11 Å². The van der Waals surface area contributed by atoms with Crippen LogP contribution in [0.25, 0.3) is 17.5 Å². The lowest BCUT2D eigenvalue weighted by Crippen LogP contribution is -1.80. The van der Waals surface area contributed by atoms with Crippen LogP contribution < -0.4 is 0 Å². The summed E-state index contributed by atoms with van der Waals surface area (Å²) in [4.78, 5) is 3.94. The molecule has 2 aromatic rings. The summed E-state index contributed by atoms with van der Waals surface area (Å²) < 4.78 is 4.66. The Hall–Kier alpha value is -1.94. The molecule has 0 aliphatic rings. The lowest BCUT2D eigenvalue weighted by atomic mass is 10.1. The number of hydrogen-bond donors (Lipinski definition) is 1. The van der Waals surface area contributed by atoms with Crippen LogP contribution in [0, 0.1) is 0 Å².